The van der Waals surface area contributed by atoms with Gasteiger partial charge in [0.25, 0.3) is 5.91 Å². The summed E-state index contributed by atoms with van der Waals surface area (Å²) >= 11 is 5.47. The van der Waals surface area contributed by atoms with Gasteiger partial charge in [-0.25, -0.2) is 4.39 Å². The number of nitrogens with zero attached hydrogens (tertiary/aromatic N) is 3. The fourth-order valence-corrected chi connectivity index (χ4v) is 3.48. The van der Waals surface area contributed by atoms with Gasteiger partial charge in [-0.3, -0.25) is 4.79 Å². The predicted molar refractivity (Wildman–Crippen MR) is 131 cm³/mol. The van der Waals surface area contributed by atoms with Gasteiger partial charge >= 0.3 is 6.18 Å². The zero-order valence-electron chi connectivity index (χ0n) is 20.1. The summed E-state index contributed by atoms with van der Waals surface area (Å²) in [6.07, 6.45) is -4.22. The van der Waals surface area contributed by atoms with Gasteiger partial charge < -0.3 is 19.9 Å². The second kappa shape index (κ2) is 11.8. The Kier molecular flexibility index (Phi) is 9.91. The molecule has 0 aliphatic heterocycles. The minimum absolute atomic E-state index is 0.000442. The van der Waals surface area contributed by atoms with Gasteiger partial charge in [0, 0.05) is 25.5 Å². The lowest BCUT2D eigenvalue weighted by Crippen LogP contribution is -2.54. The van der Waals surface area contributed by atoms with E-state index < -0.39 is 34.6 Å². The Morgan fingerprint density at radius 2 is 1.69 bits per heavy atom. The molecule has 0 atom stereocenters. The molecule has 2 aromatic carbocycles. The second-order valence-corrected chi connectivity index (χ2v) is 7.90. The van der Waals surface area contributed by atoms with Crippen LogP contribution in [0.3, 0.4) is 0 Å². The maximum atomic E-state index is 14.6. The number of nitriles is 1. The smallest absolute Gasteiger partial charge is 0.355 e. The molecule has 188 valence electrons. The lowest BCUT2D eigenvalue weighted by Gasteiger charge is -2.39. The number of benzene rings is 2. The van der Waals surface area contributed by atoms with Crippen molar-refractivity contribution in [2.24, 2.45) is 0 Å². The first kappa shape index (κ1) is 29.5. The Labute approximate surface area is 207 Å². The molecule has 0 aromatic heterocycles. The number of rotatable bonds is 5. The first-order valence-electron chi connectivity index (χ1n) is 10.5. The van der Waals surface area contributed by atoms with E-state index in [1.807, 2.05) is 13.8 Å². The molecule has 0 saturated carbocycles. The normalized spacial score (nSPS) is 10.9. The molecule has 1 amide bonds. The third-order valence-electron chi connectivity index (χ3n) is 4.84. The number of carbonyl (C=O) groups is 2. The van der Waals surface area contributed by atoms with E-state index in [1.165, 1.54) is 62.0 Å². The number of amides is 1. The predicted octanol–water partition coefficient (Wildman–Crippen LogP) is 5.31. The van der Waals surface area contributed by atoms with E-state index in [9.17, 15) is 27.2 Å². The molecule has 35 heavy (non-hydrogen) atoms. The number of nitrogens with one attached hydrogen (secondary N) is 1. The fourth-order valence-electron chi connectivity index (χ4n) is 3.04. The van der Waals surface area contributed by atoms with Crippen molar-refractivity contribution < 1.29 is 27.2 Å². The molecule has 0 spiro atoms. The Morgan fingerprint density at radius 1 is 1.11 bits per heavy atom. The molecule has 1 N–H and O–H groups in total. The van der Waals surface area contributed by atoms with Crippen LogP contribution in [0, 0.1) is 17.1 Å². The van der Waals surface area contributed by atoms with Crippen LogP contribution in [-0.4, -0.2) is 36.9 Å². The second-order valence-electron chi connectivity index (χ2n) is 7.53. The van der Waals surface area contributed by atoms with Gasteiger partial charge in [-0.1, -0.05) is 13.8 Å². The summed E-state index contributed by atoms with van der Waals surface area (Å²) in [4.78, 5) is 26.1. The number of hydrogen-bond donors (Lipinski definition) is 1. The minimum atomic E-state index is -4.77. The standard InChI is InChI=1S/C22H20F4N4O2S.C2H6/c1-21(2,12-31)30(15-7-8-16(18(23)10-15)19(32)28-3)20(33)29(4)14-6-5-13(11-27)17(9-14)22(24,25)26;1-2/h5-10,12H,1-4H3,(H,28,32);1-2H3. The van der Waals surface area contributed by atoms with Crippen molar-refractivity contribution in [3.8, 4) is 6.07 Å². The molecule has 0 fully saturated rings. The van der Waals surface area contributed by atoms with Crippen molar-refractivity contribution in [1.29, 1.82) is 5.26 Å². The molecular weight excluding hydrogens is 484 g/mol. The Morgan fingerprint density at radius 3 is 2.14 bits per heavy atom. The maximum Gasteiger partial charge on any atom is 0.417 e. The summed E-state index contributed by atoms with van der Waals surface area (Å²) in [7, 11) is 2.72. The van der Waals surface area contributed by atoms with E-state index in [1.54, 1.807) is 0 Å². The van der Waals surface area contributed by atoms with E-state index in [0.29, 0.717) is 6.29 Å². The molecule has 0 unspecified atom stereocenters. The van der Waals surface area contributed by atoms with Crippen LogP contribution in [0.5, 0.6) is 0 Å². The number of carbonyl (C=O) groups excluding carboxylic acids is 2. The van der Waals surface area contributed by atoms with E-state index in [-0.39, 0.29) is 22.1 Å². The Hall–Kier alpha value is -3.52. The highest BCUT2D eigenvalue weighted by atomic mass is 32.1. The molecule has 0 radical (unpaired) electrons. The third-order valence-corrected chi connectivity index (χ3v) is 5.30. The van der Waals surface area contributed by atoms with Gasteiger partial charge in [0.05, 0.1) is 28.3 Å². The van der Waals surface area contributed by atoms with Gasteiger partial charge in [-0.2, -0.15) is 18.4 Å². The summed E-state index contributed by atoms with van der Waals surface area (Å²) in [5.74, 6) is -1.53. The first-order valence-corrected chi connectivity index (χ1v) is 10.9. The van der Waals surface area contributed by atoms with E-state index in [2.05, 4.69) is 5.32 Å². The number of alkyl halides is 3. The fraction of sp³-hybridized carbons (Fsp3) is 0.333. The van der Waals surface area contributed by atoms with Crippen LogP contribution in [0.2, 0.25) is 0 Å². The molecule has 0 heterocycles. The molecule has 0 aliphatic carbocycles. The van der Waals surface area contributed by atoms with Gasteiger partial charge in [-0.15, -0.1) is 0 Å². The molecule has 0 aliphatic rings. The summed E-state index contributed by atoms with van der Waals surface area (Å²) in [5.41, 5.74) is -3.14. The van der Waals surface area contributed by atoms with Crippen LogP contribution in [0.15, 0.2) is 36.4 Å². The monoisotopic (exact) mass is 510 g/mol. The van der Waals surface area contributed by atoms with Crippen molar-refractivity contribution in [3.63, 3.8) is 0 Å². The summed E-state index contributed by atoms with van der Waals surface area (Å²) in [6.45, 7) is 6.98. The quantitative estimate of drug-likeness (QED) is 0.334. The van der Waals surface area contributed by atoms with Crippen molar-refractivity contribution >= 4 is 40.9 Å². The summed E-state index contributed by atoms with van der Waals surface area (Å²) < 4.78 is 54.8. The zero-order chi connectivity index (χ0) is 27.1. The molecule has 0 saturated heterocycles. The first-order chi connectivity index (χ1) is 16.3. The topological polar surface area (TPSA) is 76.4 Å². The number of thiocarbonyl (C=S) groups is 1. The minimum Gasteiger partial charge on any atom is -0.355 e. The van der Waals surface area contributed by atoms with Crippen molar-refractivity contribution in [1.82, 2.24) is 5.32 Å². The highest BCUT2D eigenvalue weighted by molar-refractivity contribution is 7.80. The molecular formula is C24H26F4N4O2S. The summed E-state index contributed by atoms with van der Waals surface area (Å²) in [5, 5.41) is 11.2. The van der Waals surface area contributed by atoms with Crippen LogP contribution in [0.1, 0.15) is 49.2 Å². The van der Waals surface area contributed by atoms with Crippen LogP contribution >= 0.6 is 12.2 Å². The molecule has 0 bridgehead atoms. The highest BCUT2D eigenvalue weighted by Crippen LogP contribution is 2.35. The van der Waals surface area contributed by atoms with Crippen LogP contribution in [-0.2, 0) is 11.0 Å². The number of halogens is 4. The lowest BCUT2D eigenvalue weighted by atomic mass is 10.0. The Balaban J connectivity index is 0.00000298. The molecule has 2 rings (SSSR count). The van der Waals surface area contributed by atoms with Gasteiger partial charge in [0.1, 0.15) is 12.1 Å². The average Bonchev–Trinajstić information content (AvgIpc) is 2.83. The molecule has 2 aromatic rings. The lowest BCUT2D eigenvalue weighted by molar-refractivity contribution is -0.137. The zero-order valence-corrected chi connectivity index (χ0v) is 20.9. The van der Waals surface area contributed by atoms with Crippen molar-refractivity contribution in [2.45, 2.75) is 39.4 Å². The Bertz CT molecular complexity index is 1140. The highest BCUT2D eigenvalue weighted by Gasteiger charge is 2.36. The van der Waals surface area contributed by atoms with Crippen molar-refractivity contribution in [2.75, 3.05) is 23.9 Å². The average molecular weight is 511 g/mol. The summed E-state index contributed by atoms with van der Waals surface area (Å²) in [6, 6.07) is 8.17. The van der Waals surface area contributed by atoms with E-state index in [4.69, 9.17) is 17.5 Å². The molecule has 6 nitrogen and oxygen atoms in total. The number of hydrogen-bond acceptors (Lipinski definition) is 4. The van der Waals surface area contributed by atoms with E-state index >= 15 is 0 Å². The maximum absolute atomic E-state index is 14.6. The van der Waals surface area contributed by atoms with Gasteiger partial charge in [0.15, 0.2) is 5.11 Å². The van der Waals surface area contributed by atoms with Crippen molar-refractivity contribution in [3.05, 3.63) is 58.9 Å². The number of anilines is 2. The number of aldehydes is 1. The largest absolute Gasteiger partial charge is 0.417 e. The molecule has 11 heteroatoms. The van der Waals surface area contributed by atoms with Crippen LogP contribution in [0.4, 0.5) is 28.9 Å². The third kappa shape index (κ3) is 6.54. The SMILES string of the molecule is CC.CNC(=O)c1ccc(N(C(=S)N(C)c2ccc(C#N)c(C(F)(F)F)c2)C(C)(C)C=O)cc1F. The van der Waals surface area contributed by atoms with Crippen LogP contribution in [0.25, 0.3) is 0 Å². The van der Waals surface area contributed by atoms with Crippen LogP contribution < -0.4 is 15.1 Å². The van der Waals surface area contributed by atoms with Gasteiger partial charge in [-0.05, 0) is 62.5 Å². The van der Waals surface area contributed by atoms with E-state index in [0.717, 1.165) is 18.2 Å². The van der Waals surface area contributed by atoms with Gasteiger partial charge in [0.2, 0.25) is 0 Å².